The van der Waals surface area contributed by atoms with Gasteiger partial charge in [0, 0.05) is 7.05 Å². The molecule has 0 aliphatic rings. The van der Waals surface area contributed by atoms with Gasteiger partial charge in [-0.05, 0) is 22.6 Å². The first kappa shape index (κ1) is 11.1. The van der Waals surface area contributed by atoms with Crippen LogP contribution in [-0.2, 0) is 4.84 Å². The summed E-state index contributed by atoms with van der Waals surface area (Å²) in [7, 11) is 2.86. The number of nitrogen functional groups attached to an aromatic ring is 1. The van der Waals surface area contributed by atoms with E-state index in [-0.39, 0.29) is 11.5 Å². The summed E-state index contributed by atoms with van der Waals surface area (Å²) in [5, 5.41) is 1.04. The SMILES string of the molecule is CON(C)C(=O)c1nc(I)cnc1N. The lowest BCUT2D eigenvalue weighted by Gasteiger charge is -2.13. The summed E-state index contributed by atoms with van der Waals surface area (Å²) >= 11 is 1.95. The van der Waals surface area contributed by atoms with Crippen molar-refractivity contribution in [1.29, 1.82) is 0 Å². The fourth-order valence-corrected chi connectivity index (χ4v) is 1.15. The third-order valence-electron chi connectivity index (χ3n) is 1.53. The van der Waals surface area contributed by atoms with E-state index >= 15 is 0 Å². The molecule has 1 aromatic rings. The number of amides is 1. The molecule has 14 heavy (non-hydrogen) atoms. The number of carbonyl (C=O) groups excluding carboxylic acids is 1. The standard InChI is InChI=1S/C7H9IN4O2/c1-12(14-2)7(13)5-6(9)10-3-4(8)11-5/h3H,1-2H3,(H2,9,10). The minimum Gasteiger partial charge on any atom is -0.382 e. The monoisotopic (exact) mass is 308 g/mol. The average Bonchev–Trinajstić information content (AvgIpc) is 2.19. The summed E-state index contributed by atoms with van der Waals surface area (Å²) in [6.07, 6.45) is 1.49. The van der Waals surface area contributed by atoms with E-state index in [2.05, 4.69) is 9.97 Å². The van der Waals surface area contributed by atoms with E-state index in [0.717, 1.165) is 5.06 Å². The number of halogens is 1. The topological polar surface area (TPSA) is 81.3 Å². The zero-order chi connectivity index (χ0) is 10.7. The molecule has 1 aromatic heterocycles. The summed E-state index contributed by atoms with van der Waals surface area (Å²) in [4.78, 5) is 24.1. The maximum absolute atomic E-state index is 11.6. The second-order valence-electron chi connectivity index (χ2n) is 2.41. The molecule has 6 nitrogen and oxygen atoms in total. The van der Waals surface area contributed by atoms with Crippen molar-refractivity contribution in [1.82, 2.24) is 15.0 Å². The zero-order valence-corrected chi connectivity index (χ0v) is 9.85. The van der Waals surface area contributed by atoms with Gasteiger partial charge < -0.3 is 5.73 Å². The number of nitrogens with zero attached hydrogens (tertiary/aromatic N) is 3. The normalized spacial score (nSPS) is 9.93. The third-order valence-corrected chi connectivity index (χ3v) is 2.05. The van der Waals surface area contributed by atoms with Crippen molar-refractivity contribution < 1.29 is 9.63 Å². The minimum atomic E-state index is -0.420. The predicted molar refractivity (Wildman–Crippen MR) is 58.3 cm³/mol. The molecule has 2 N–H and O–H groups in total. The van der Waals surface area contributed by atoms with Crippen LogP contribution in [0.3, 0.4) is 0 Å². The number of rotatable bonds is 2. The lowest BCUT2D eigenvalue weighted by molar-refractivity contribution is -0.0760. The van der Waals surface area contributed by atoms with Gasteiger partial charge in [0.2, 0.25) is 0 Å². The Balaban J connectivity index is 3.06. The van der Waals surface area contributed by atoms with Crippen molar-refractivity contribution in [2.24, 2.45) is 0 Å². The molecule has 0 spiro atoms. The average molecular weight is 308 g/mol. The largest absolute Gasteiger partial charge is 0.382 e. The van der Waals surface area contributed by atoms with Gasteiger partial charge in [0.25, 0.3) is 5.91 Å². The highest BCUT2D eigenvalue weighted by atomic mass is 127. The second-order valence-corrected chi connectivity index (χ2v) is 3.52. The van der Waals surface area contributed by atoms with E-state index in [4.69, 9.17) is 10.6 Å². The first-order chi connectivity index (χ1) is 6.56. The Morgan fingerprint density at radius 1 is 1.71 bits per heavy atom. The minimum absolute atomic E-state index is 0.0966. The number of carbonyl (C=O) groups is 1. The number of nitrogens with two attached hydrogens (primary N) is 1. The molecule has 1 amide bonds. The van der Waals surface area contributed by atoms with Gasteiger partial charge in [0.05, 0.1) is 13.3 Å². The Kier molecular flexibility index (Phi) is 3.58. The second kappa shape index (κ2) is 4.51. The van der Waals surface area contributed by atoms with Crippen LogP contribution >= 0.6 is 22.6 Å². The van der Waals surface area contributed by atoms with Crippen LogP contribution in [0.4, 0.5) is 5.82 Å². The Bertz CT molecular complexity index is 358. The van der Waals surface area contributed by atoms with Gasteiger partial charge in [0.15, 0.2) is 11.5 Å². The zero-order valence-electron chi connectivity index (χ0n) is 7.69. The fraction of sp³-hybridized carbons (Fsp3) is 0.286. The van der Waals surface area contributed by atoms with Crippen LogP contribution in [0.2, 0.25) is 0 Å². The molecule has 7 heteroatoms. The maximum Gasteiger partial charge on any atom is 0.299 e. The van der Waals surface area contributed by atoms with Crippen LogP contribution in [-0.4, -0.2) is 35.1 Å². The molecule has 0 unspecified atom stereocenters. The first-order valence-corrected chi connectivity index (χ1v) is 4.74. The van der Waals surface area contributed by atoms with Crippen molar-refractivity contribution in [2.45, 2.75) is 0 Å². The molecule has 0 atom stereocenters. The molecular weight excluding hydrogens is 299 g/mol. The summed E-state index contributed by atoms with van der Waals surface area (Å²) in [6, 6.07) is 0. The summed E-state index contributed by atoms with van der Waals surface area (Å²) < 4.78 is 0.602. The molecule has 0 saturated heterocycles. The molecule has 1 rings (SSSR count). The van der Waals surface area contributed by atoms with Crippen LogP contribution in [0.1, 0.15) is 10.5 Å². The number of aromatic nitrogens is 2. The summed E-state index contributed by atoms with van der Waals surface area (Å²) in [6.45, 7) is 0. The van der Waals surface area contributed by atoms with Gasteiger partial charge in [0.1, 0.15) is 3.70 Å². The van der Waals surface area contributed by atoms with Crippen molar-refractivity contribution in [2.75, 3.05) is 19.9 Å². The number of anilines is 1. The highest BCUT2D eigenvalue weighted by Crippen LogP contribution is 2.09. The van der Waals surface area contributed by atoms with Crippen LogP contribution < -0.4 is 5.73 Å². The highest BCUT2D eigenvalue weighted by Gasteiger charge is 2.17. The molecule has 0 radical (unpaired) electrons. The molecule has 0 aromatic carbocycles. The Morgan fingerprint density at radius 3 is 2.93 bits per heavy atom. The van der Waals surface area contributed by atoms with Crippen molar-refractivity contribution in [3.05, 3.63) is 15.6 Å². The predicted octanol–water partition coefficient (Wildman–Crippen LogP) is 0.297. The van der Waals surface area contributed by atoms with E-state index in [9.17, 15) is 4.79 Å². The molecule has 0 fully saturated rings. The lowest BCUT2D eigenvalue weighted by Crippen LogP contribution is -2.27. The maximum atomic E-state index is 11.6. The first-order valence-electron chi connectivity index (χ1n) is 3.66. The molecular formula is C7H9IN4O2. The van der Waals surface area contributed by atoms with Crippen molar-refractivity contribution >= 4 is 34.3 Å². The molecule has 0 aliphatic carbocycles. The summed E-state index contributed by atoms with van der Waals surface area (Å²) in [5.41, 5.74) is 5.60. The van der Waals surface area contributed by atoms with Gasteiger partial charge in [-0.3, -0.25) is 9.63 Å². The molecule has 1 heterocycles. The molecule has 0 aliphatic heterocycles. The van der Waals surface area contributed by atoms with Crippen LogP contribution in [0.15, 0.2) is 6.20 Å². The highest BCUT2D eigenvalue weighted by molar-refractivity contribution is 14.1. The molecule has 76 valence electrons. The quantitative estimate of drug-likeness (QED) is 0.627. The van der Waals surface area contributed by atoms with E-state index < -0.39 is 5.91 Å². The van der Waals surface area contributed by atoms with E-state index in [1.165, 1.54) is 20.4 Å². The number of hydrogen-bond acceptors (Lipinski definition) is 5. The van der Waals surface area contributed by atoms with Crippen molar-refractivity contribution in [3.8, 4) is 0 Å². The third kappa shape index (κ3) is 2.29. The summed E-state index contributed by atoms with van der Waals surface area (Å²) in [5.74, 6) is -0.324. The van der Waals surface area contributed by atoms with Gasteiger partial charge >= 0.3 is 0 Å². The Hall–Kier alpha value is -0.960. The lowest BCUT2D eigenvalue weighted by atomic mass is 10.4. The Morgan fingerprint density at radius 2 is 2.36 bits per heavy atom. The fourth-order valence-electron chi connectivity index (χ4n) is 0.766. The Labute approximate surface area is 94.6 Å². The number of hydroxylamine groups is 2. The van der Waals surface area contributed by atoms with E-state index in [1.54, 1.807) is 0 Å². The van der Waals surface area contributed by atoms with Crippen molar-refractivity contribution in [3.63, 3.8) is 0 Å². The van der Waals surface area contributed by atoms with Crippen LogP contribution in [0.5, 0.6) is 0 Å². The van der Waals surface area contributed by atoms with Gasteiger partial charge in [-0.25, -0.2) is 15.0 Å². The van der Waals surface area contributed by atoms with E-state index in [1.807, 2.05) is 22.6 Å². The smallest absolute Gasteiger partial charge is 0.299 e. The molecule has 0 bridgehead atoms. The van der Waals surface area contributed by atoms with Crippen LogP contribution in [0.25, 0.3) is 0 Å². The van der Waals surface area contributed by atoms with Gasteiger partial charge in [-0.1, -0.05) is 0 Å². The van der Waals surface area contributed by atoms with E-state index in [0.29, 0.717) is 3.70 Å². The molecule has 0 saturated carbocycles. The number of hydrogen-bond donors (Lipinski definition) is 1. The van der Waals surface area contributed by atoms with Gasteiger partial charge in [-0.15, -0.1) is 0 Å². The van der Waals surface area contributed by atoms with Gasteiger partial charge in [-0.2, -0.15) is 0 Å². The van der Waals surface area contributed by atoms with Crippen LogP contribution in [0, 0.1) is 3.70 Å².